The molecule has 120 valence electrons. The maximum absolute atomic E-state index is 12.1. The maximum atomic E-state index is 12.1. The standard InChI is InChI=1S/C15H15ClN4O3/c1-9-6-13(19-23-9)18-15(22)17-11-7-14(21)20(8-11)12-4-2-10(16)3-5-12/h2-6,11H,7-8H2,1H3,(H2,17,18,19,22)/t11-/m0/s1. The molecule has 23 heavy (non-hydrogen) atoms. The zero-order valence-corrected chi connectivity index (χ0v) is 13.1. The largest absolute Gasteiger partial charge is 0.360 e. The number of aromatic nitrogens is 1. The highest BCUT2D eigenvalue weighted by molar-refractivity contribution is 6.30. The number of aryl methyl sites for hydroxylation is 1. The van der Waals surface area contributed by atoms with Crippen LogP contribution in [-0.4, -0.2) is 29.7 Å². The van der Waals surface area contributed by atoms with Gasteiger partial charge in [-0.25, -0.2) is 4.79 Å². The van der Waals surface area contributed by atoms with Crippen LogP contribution in [0.5, 0.6) is 0 Å². The number of carbonyl (C=O) groups excluding carboxylic acids is 2. The lowest BCUT2D eigenvalue weighted by Crippen LogP contribution is -2.39. The zero-order chi connectivity index (χ0) is 16.4. The molecular formula is C15H15ClN4O3. The summed E-state index contributed by atoms with van der Waals surface area (Å²) in [4.78, 5) is 25.7. The Morgan fingerprint density at radius 1 is 1.39 bits per heavy atom. The number of hydrogen-bond donors (Lipinski definition) is 2. The van der Waals surface area contributed by atoms with Gasteiger partial charge in [-0.3, -0.25) is 10.1 Å². The minimum atomic E-state index is -0.422. The molecule has 2 N–H and O–H groups in total. The van der Waals surface area contributed by atoms with Crippen LogP contribution in [-0.2, 0) is 4.79 Å². The van der Waals surface area contributed by atoms with Crippen molar-refractivity contribution in [2.24, 2.45) is 0 Å². The second-order valence-electron chi connectivity index (χ2n) is 5.30. The van der Waals surface area contributed by atoms with Crippen LogP contribution < -0.4 is 15.5 Å². The average molecular weight is 335 g/mol. The first-order valence-corrected chi connectivity index (χ1v) is 7.46. The lowest BCUT2D eigenvalue weighted by Gasteiger charge is -2.17. The van der Waals surface area contributed by atoms with Crippen molar-refractivity contribution in [3.8, 4) is 0 Å². The third-order valence-electron chi connectivity index (χ3n) is 3.47. The van der Waals surface area contributed by atoms with Crippen LogP contribution in [0.15, 0.2) is 34.9 Å². The van der Waals surface area contributed by atoms with Crippen molar-refractivity contribution in [2.75, 3.05) is 16.8 Å². The monoisotopic (exact) mass is 334 g/mol. The number of nitrogens with zero attached hydrogens (tertiary/aromatic N) is 2. The summed E-state index contributed by atoms with van der Waals surface area (Å²) in [5.74, 6) is 0.888. The molecule has 1 aromatic carbocycles. The van der Waals surface area contributed by atoms with E-state index >= 15 is 0 Å². The van der Waals surface area contributed by atoms with Crippen molar-refractivity contribution >= 4 is 35.0 Å². The summed E-state index contributed by atoms with van der Waals surface area (Å²) >= 11 is 5.85. The Morgan fingerprint density at radius 2 is 2.13 bits per heavy atom. The van der Waals surface area contributed by atoms with Gasteiger partial charge in [0.15, 0.2) is 5.82 Å². The van der Waals surface area contributed by atoms with Crippen molar-refractivity contribution in [1.29, 1.82) is 0 Å². The molecule has 8 heteroatoms. The molecule has 2 heterocycles. The molecule has 2 aromatic rings. The SMILES string of the molecule is Cc1cc(NC(=O)N[C@H]2CC(=O)N(c3ccc(Cl)cc3)C2)no1. The van der Waals surface area contributed by atoms with Gasteiger partial charge >= 0.3 is 6.03 Å². The van der Waals surface area contributed by atoms with E-state index in [0.29, 0.717) is 23.1 Å². The third kappa shape index (κ3) is 3.62. The van der Waals surface area contributed by atoms with Gasteiger partial charge in [0.1, 0.15) is 5.76 Å². The van der Waals surface area contributed by atoms with Gasteiger partial charge in [-0.1, -0.05) is 16.8 Å². The summed E-state index contributed by atoms with van der Waals surface area (Å²) in [7, 11) is 0. The molecule has 0 aliphatic carbocycles. The number of anilines is 2. The van der Waals surface area contributed by atoms with Crippen molar-refractivity contribution in [1.82, 2.24) is 10.5 Å². The molecule has 1 aliphatic rings. The molecule has 0 bridgehead atoms. The number of carbonyl (C=O) groups is 2. The Labute approximate surface area is 137 Å². The first kappa shape index (κ1) is 15.4. The molecular weight excluding hydrogens is 320 g/mol. The Balaban J connectivity index is 1.59. The minimum Gasteiger partial charge on any atom is -0.360 e. The summed E-state index contributed by atoms with van der Waals surface area (Å²) in [5, 5.41) is 9.61. The van der Waals surface area contributed by atoms with E-state index in [4.69, 9.17) is 16.1 Å². The number of urea groups is 1. The molecule has 1 aliphatic heterocycles. The number of rotatable bonds is 3. The molecule has 0 radical (unpaired) electrons. The fraction of sp³-hybridized carbons (Fsp3) is 0.267. The highest BCUT2D eigenvalue weighted by Crippen LogP contribution is 2.23. The molecule has 0 saturated carbocycles. The Bertz CT molecular complexity index is 729. The van der Waals surface area contributed by atoms with E-state index in [9.17, 15) is 9.59 Å². The quantitative estimate of drug-likeness (QED) is 0.903. The molecule has 1 aromatic heterocycles. The van der Waals surface area contributed by atoms with Crippen LogP contribution in [0.25, 0.3) is 0 Å². The Kier molecular flexibility index (Phi) is 4.20. The van der Waals surface area contributed by atoms with Crippen LogP contribution in [0.3, 0.4) is 0 Å². The highest BCUT2D eigenvalue weighted by atomic mass is 35.5. The predicted octanol–water partition coefficient (Wildman–Crippen LogP) is 2.56. The van der Waals surface area contributed by atoms with Crippen LogP contribution in [0.2, 0.25) is 5.02 Å². The Hall–Kier alpha value is -2.54. The molecule has 1 saturated heterocycles. The summed E-state index contributed by atoms with van der Waals surface area (Å²) in [6.07, 6.45) is 0.244. The first-order valence-electron chi connectivity index (χ1n) is 7.08. The first-order chi connectivity index (χ1) is 11.0. The van der Waals surface area contributed by atoms with Crippen LogP contribution in [0.1, 0.15) is 12.2 Å². The van der Waals surface area contributed by atoms with Gasteiger partial charge in [0.05, 0.1) is 6.04 Å². The Morgan fingerprint density at radius 3 is 2.78 bits per heavy atom. The smallest absolute Gasteiger partial charge is 0.320 e. The second-order valence-corrected chi connectivity index (χ2v) is 5.74. The third-order valence-corrected chi connectivity index (χ3v) is 3.72. The summed E-state index contributed by atoms with van der Waals surface area (Å²) in [5.41, 5.74) is 0.760. The summed E-state index contributed by atoms with van der Waals surface area (Å²) in [6, 6.07) is 7.93. The fourth-order valence-corrected chi connectivity index (χ4v) is 2.56. The van der Waals surface area contributed by atoms with Crippen LogP contribution in [0.4, 0.5) is 16.3 Å². The van der Waals surface area contributed by atoms with Crippen LogP contribution in [0, 0.1) is 6.92 Å². The highest BCUT2D eigenvalue weighted by Gasteiger charge is 2.31. The van der Waals surface area contributed by atoms with E-state index in [1.807, 2.05) is 0 Å². The fourth-order valence-electron chi connectivity index (χ4n) is 2.44. The van der Waals surface area contributed by atoms with Crippen molar-refractivity contribution in [3.63, 3.8) is 0 Å². The van der Waals surface area contributed by atoms with E-state index in [0.717, 1.165) is 5.69 Å². The van der Waals surface area contributed by atoms with Gasteiger partial charge in [0.2, 0.25) is 5.91 Å². The molecule has 1 fully saturated rings. The van der Waals surface area contributed by atoms with Crippen molar-refractivity contribution < 1.29 is 14.1 Å². The average Bonchev–Trinajstić information content (AvgIpc) is 3.06. The number of amides is 3. The van der Waals surface area contributed by atoms with Gasteiger partial charge in [-0.15, -0.1) is 0 Å². The number of nitrogens with one attached hydrogen (secondary N) is 2. The molecule has 1 atom stereocenters. The number of halogens is 1. The molecule has 3 amide bonds. The predicted molar refractivity (Wildman–Crippen MR) is 85.6 cm³/mol. The van der Waals surface area contributed by atoms with Crippen molar-refractivity contribution in [2.45, 2.75) is 19.4 Å². The van der Waals surface area contributed by atoms with Gasteiger partial charge < -0.3 is 14.7 Å². The second kappa shape index (κ2) is 6.29. The summed E-state index contributed by atoms with van der Waals surface area (Å²) in [6.45, 7) is 2.14. The maximum Gasteiger partial charge on any atom is 0.320 e. The lowest BCUT2D eigenvalue weighted by atomic mass is 10.2. The molecule has 0 unspecified atom stereocenters. The van der Waals surface area contributed by atoms with E-state index in [1.54, 1.807) is 42.2 Å². The van der Waals surface area contributed by atoms with E-state index in [-0.39, 0.29) is 18.4 Å². The number of benzene rings is 1. The normalized spacial score (nSPS) is 17.4. The summed E-state index contributed by atoms with van der Waals surface area (Å²) < 4.78 is 4.87. The van der Waals surface area contributed by atoms with E-state index < -0.39 is 6.03 Å². The molecule has 3 rings (SSSR count). The zero-order valence-electron chi connectivity index (χ0n) is 12.4. The molecule has 0 spiro atoms. The minimum absolute atomic E-state index is 0.0464. The molecule has 7 nitrogen and oxygen atoms in total. The topological polar surface area (TPSA) is 87.5 Å². The van der Waals surface area contributed by atoms with E-state index in [2.05, 4.69) is 15.8 Å². The van der Waals surface area contributed by atoms with Gasteiger partial charge in [-0.05, 0) is 31.2 Å². The van der Waals surface area contributed by atoms with Crippen LogP contribution >= 0.6 is 11.6 Å². The van der Waals surface area contributed by atoms with E-state index in [1.165, 1.54) is 0 Å². The van der Waals surface area contributed by atoms with Crippen molar-refractivity contribution in [3.05, 3.63) is 41.1 Å². The van der Waals surface area contributed by atoms with Gasteiger partial charge in [0.25, 0.3) is 0 Å². The van der Waals surface area contributed by atoms with Gasteiger partial charge in [-0.2, -0.15) is 0 Å². The van der Waals surface area contributed by atoms with Gasteiger partial charge in [0, 0.05) is 29.7 Å². The lowest BCUT2D eigenvalue weighted by molar-refractivity contribution is -0.117. The number of hydrogen-bond acceptors (Lipinski definition) is 4.